The lowest BCUT2D eigenvalue weighted by atomic mass is 9.92. The summed E-state index contributed by atoms with van der Waals surface area (Å²) in [4.78, 5) is 26.8. The van der Waals surface area contributed by atoms with E-state index in [4.69, 9.17) is 4.74 Å². The number of rotatable bonds is 8. The van der Waals surface area contributed by atoms with Crippen LogP contribution in [0.4, 0.5) is 0 Å². The fourth-order valence-corrected chi connectivity index (χ4v) is 3.18. The predicted octanol–water partition coefficient (Wildman–Crippen LogP) is 3.81. The second-order valence-corrected chi connectivity index (χ2v) is 6.69. The predicted molar refractivity (Wildman–Crippen MR) is 96.5 cm³/mol. The molecule has 0 aromatic heterocycles. The van der Waals surface area contributed by atoms with Gasteiger partial charge in [0, 0.05) is 13.0 Å². The Hall–Kier alpha value is -2.30. The van der Waals surface area contributed by atoms with Crippen molar-refractivity contribution in [2.24, 2.45) is 5.92 Å². The first kappa shape index (κ1) is 19.0. The molecule has 1 aromatic carbocycles. The monoisotopic (exact) mass is 345 g/mol. The van der Waals surface area contributed by atoms with Crippen LogP contribution in [0.3, 0.4) is 0 Å². The Kier molecular flexibility index (Phi) is 6.23. The van der Waals surface area contributed by atoms with E-state index in [2.05, 4.69) is 0 Å². The smallest absolute Gasteiger partial charge is 0.290 e. The number of nitrogens with zero attached hydrogens (tertiary/aromatic N) is 1. The Labute approximate surface area is 149 Å². The third kappa shape index (κ3) is 4.03. The van der Waals surface area contributed by atoms with E-state index in [9.17, 15) is 14.7 Å². The van der Waals surface area contributed by atoms with Gasteiger partial charge in [-0.1, -0.05) is 32.9 Å². The summed E-state index contributed by atoms with van der Waals surface area (Å²) in [5, 5.41) is 10.4. The van der Waals surface area contributed by atoms with Crippen molar-refractivity contribution in [2.45, 2.75) is 46.6 Å². The van der Waals surface area contributed by atoms with Gasteiger partial charge in [0.15, 0.2) is 11.5 Å². The van der Waals surface area contributed by atoms with Crippen LogP contribution in [0, 0.1) is 5.92 Å². The maximum atomic E-state index is 12.7. The molecule has 0 saturated heterocycles. The van der Waals surface area contributed by atoms with Crippen molar-refractivity contribution in [2.75, 3.05) is 13.2 Å². The lowest BCUT2D eigenvalue weighted by Crippen LogP contribution is -2.31. The Morgan fingerprint density at radius 2 is 2.04 bits per heavy atom. The topological polar surface area (TPSA) is 66.8 Å². The first-order chi connectivity index (χ1) is 11.9. The van der Waals surface area contributed by atoms with Gasteiger partial charge in [0.05, 0.1) is 18.2 Å². The van der Waals surface area contributed by atoms with Crippen molar-refractivity contribution >= 4 is 11.7 Å². The molecule has 0 fully saturated rings. The van der Waals surface area contributed by atoms with Gasteiger partial charge >= 0.3 is 0 Å². The molecule has 2 rings (SSSR count). The summed E-state index contributed by atoms with van der Waals surface area (Å²) in [6, 6.07) is 6.83. The van der Waals surface area contributed by atoms with Crippen molar-refractivity contribution in [1.82, 2.24) is 4.90 Å². The van der Waals surface area contributed by atoms with Gasteiger partial charge in [-0.05, 0) is 37.0 Å². The summed E-state index contributed by atoms with van der Waals surface area (Å²) >= 11 is 0. The number of hydrogen-bond acceptors (Lipinski definition) is 4. The van der Waals surface area contributed by atoms with Gasteiger partial charge in [0.25, 0.3) is 5.91 Å². The maximum absolute atomic E-state index is 12.7. The second kappa shape index (κ2) is 8.19. The lowest BCUT2D eigenvalue weighted by Gasteiger charge is -2.27. The quantitative estimate of drug-likeness (QED) is 0.778. The van der Waals surface area contributed by atoms with Gasteiger partial charge in [-0.25, -0.2) is 0 Å². The van der Waals surface area contributed by atoms with E-state index in [0.717, 1.165) is 12.0 Å². The van der Waals surface area contributed by atoms with E-state index in [0.29, 0.717) is 25.3 Å². The SMILES string of the molecule is CCCN1C(=O)C(O)=C(C(=O)CC(C)C)C1c1cccc(OCC)c1. The zero-order valence-corrected chi connectivity index (χ0v) is 15.4. The molecule has 0 radical (unpaired) electrons. The van der Waals surface area contributed by atoms with Crippen LogP contribution in [0.15, 0.2) is 35.6 Å². The summed E-state index contributed by atoms with van der Waals surface area (Å²) in [6.45, 7) is 8.77. The minimum atomic E-state index is -0.556. The molecule has 0 aliphatic carbocycles. The van der Waals surface area contributed by atoms with Crippen LogP contribution in [0.5, 0.6) is 5.75 Å². The summed E-state index contributed by atoms with van der Waals surface area (Å²) in [5.74, 6) is -0.220. The molecule has 136 valence electrons. The largest absolute Gasteiger partial charge is 0.503 e. The minimum absolute atomic E-state index is 0.151. The number of aliphatic hydroxyl groups is 1. The third-order valence-electron chi connectivity index (χ3n) is 4.15. The zero-order chi connectivity index (χ0) is 18.6. The molecule has 1 heterocycles. The van der Waals surface area contributed by atoms with Crippen molar-refractivity contribution in [1.29, 1.82) is 0 Å². The van der Waals surface area contributed by atoms with Crippen LogP contribution in [0.2, 0.25) is 0 Å². The summed E-state index contributed by atoms with van der Waals surface area (Å²) in [6.07, 6.45) is 1.04. The number of ketones is 1. The lowest BCUT2D eigenvalue weighted by molar-refractivity contribution is -0.129. The third-order valence-corrected chi connectivity index (χ3v) is 4.15. The van der Waals surface area contributed by atoms with Gasteiger partial charge in [0.2, 0.25) is 0 Å². The molecule has 1 aromatic rings. The highest BCUT2D eigenvalue weighted by Gasteiger charge is 2.42. The highest BCUT2D eigenvalue weighted by atomic mass is 16.5. The molecule has 1 atom stereocenters. The van der Waals surface area contributed by atoms with Crippen molar-refractivity contribution in [3.8, 4) is 5.75 Å². The number of Topliss-reactive ketones (excluding diaryl/α,β-unsaturated/α-hetero) is 1. The van der Waals surface area contributed by atoms with Crippen molar-refractivity contribution in [3.05, 3.63) is 41.2 Å². The molecule has 1 amide bonds. The van der Waals surface area contributed by atoms with Crippen LogP contribution in [-0.4, -0.2) is 34.8 Å². The van der Waals surface area contributed by atoms with E-state index in [1.807, 2.05) is 52.0 Å². The van der Waals surface area contributed by atoms with Gasteiger partial charge in [-0.3, -0.25) is 9.59 Å². The Balaban J connectivity index is 2.49. The fourth-order valence-electron chi connectivity index (χ4n) is 3.18. The highest BCUT2D eigenvalue weighted by Crippen LogP contribution is 2.39. The summed E-state index contributed by atoms with van der Waals surface area (Å²) in [5.41, 5.74) is 0.990. The molecule has 25 heavy (non-hydrogen) atoms. The van der Waals surface area contributed by atoms with Crippen molar-refractivity contribution < 1.29 is 19.4 Å². The molecule has 1 aliphatic rings. The van der Waals surface area contributed by atoms with Gasteiger partial charge in [-0.15, -0.1) is 0 Å². The Morgan fingerprint density at radius 3 is 2.64 bits per heavy atom. The number of hydrogen-bond donors (Lipinski definition) is 1. The van der Waals surface area contributed by atoms with Crippen molar-refractivity contribution in [3.63, 3.8) is 0 Å². The Bertz CT molecular complexity index is 678. The number of ether oxygens (including phenoxy) is 1. The minimum Gasteiger partial charge on any atom is -0.503 e. The molecule has 1 N–H and O–H groups in total. The van der Waals surface area contributed by atoms with E-state index in [-0.39, 0.29) is 17.3 Å². The molecule has 1 unspecified atom stereocenters. The first-order valence-electron chi connectivity index (χ1n) is 8.90. The number of carbonyl (C=O) groups excluding carboxylic acids is 2. The van der Waals surface area contributed by atoms with Gasteiger partial charge in [-0.2, -0.15) is 0 Å². The van der Waals surface area contributed by atoms with Crippen LogP contribution in [0.1, 0.15) is 52.1 Å². The molecular weight excluding hydrogens is 318 g/mol. The number of amides is 1. The van der Waals surface area contributed by atoms with Crippen LogP contribution < -0.4 is 4.74 Å². The molecule has 5 nitrogen and oxygen atoms in total. The Morgan fingerprint density at radius 1 is 1.32 bits per heavy atom. The van der Waals surface area contributed by atoms with Crippen LogP contribution >= 0.6 is 0 Å². The molecule has 0 saturated carbocycles. The fraction of sp³-hybridized carbons (Fsp3) is 0.500. The van der Waals surface area contributed by atoms with Gasteiger partial charge < -0.3 is 14.7 Å². The van der Waals surface area contributed by atoms with E-state index < -0.39 is 17.7 Å². The molecule has 5 heteroatoms. The highest BCUT2D eigenvalue weighted by molar-refractivity contribution is 6.09. The first-order valence-corrected chi connectivity index (χ1v) is 8.90. The van der Waals surface area contributed by atoms with Crippen LogP contribution in [-0.2, 0) is 9.59 Å². The summed E-state index contributed by atoms with van der Waals surface area (Å²) < 4.78 is 5.55. The normalized spacial score (nSPS) is 17.6. The average molecular weight is 345 g/mol. The number of carbonyl (C=O) groups is 2. The average Bonchev–Trinajstić information content (AvgIpc) is 2.80. The zero-order valence-electron chi connectivity index (χ0n) is 15.4. The van der Waals surface area contributed by atoms with E-state index in [1.165, 1.54) is 0 Å². The van der Waals surface area contributed by atoms with E-state index in [1.54, 1.807) is 4.90 Å². The molecule has 0 bridgehead atoms. The van der Waals surface area contributed by atoms with E-state index >= 15 is 0 Å². The molecular formula is C20H27NO4. The number of aliphatic hydroxyl groups excluding tert-OH is 1. The molecule has 1 aliphatic heterocycles. The van der Waals surface area contributed by atoms with Crippen LogP contribution in [0.25, 0.3) is 0 Å². The summed E-state index contributed by atoms with van der Waals surface area (Å²) in [7, 11) is 0. The maximum Gasteiger partial charge on any atom is 0.290 e. The van der Waals surface area contributed by atoms with Gasteiger partial charge in [0.1, 0.15) is 5.75 Å². The standard InChI is InChI=1S/C20H27NO4/c1-5-10-21-18(14-8-7-9-15(12-14)25-6-2)17(19(23)20(21)24)16(22)11-13(3)4/h7-9,12-13,18,23H,5-6,10-11H2,1-4H3. The second-order valence-electron chi connectivity index (χ2n) is 6.69. The molecule has 0 spiro atoms. The number of benzene rings is 1.